The van der Waals surface area contributed by atoms with Gasteiger partial charge in [-0.25, -0.2) is 5.43 Å². The first-order valence-corrected chi connectivity index (χ1v) is 10.5. The van der Waals surface area contributed by atoms with Crippen molar-refractivity contribution in [1.29, 1.82) is 0 Å². The predicted molar refractivity (Wildman–Crippen MR) is 120 cm³/mol. The molecule has 0 bridgehead atoms. The van der Waals surface area contributed by atoms with E-state index in [1.807, 2.05) is 66.7 Å². The fourth-order valence-corrected chi connectivity index (χ4v) is 3.58. The van der Waals surface area contributed by atoms with Gasteiger partial charge in [0.2, 0.25) is 0 Å². The van der Waals surface area contributed by atoms with Crippen LogP contribution in [0.3, 0.4) is 0 Å². The Labute approximate surface area is 183 Å². The second-order valence-corrected chi connectivity index (χ2v) is 7.85. The van der Waals surface area contributed by atoms with Crippen molar-refractivity contribution in [2.75, 3.05) is 6.61 Å². The van der Waals surface area contributed by atoms with Crippen LogP contribution in [-0.4, -0.2) is 18.7 Å². The summed E-state index contributed by atoms with van der Waals surface area (Å²) in [5, 5.41) is 5.19. The largest absolute Gasteiger partial charge is 0.483 e. The fraction of sp³-hybridized carbons (Fsp3) is 0.0909. The van der Waals surface area contributed by atoms with E-state index >= 15 is 0 Å². The standard InChI is InChI=1S/C22H18Cl2N2O2S/c23-18-9-11-19(12-10-18)29-15-17-6-2-4-8-21(17)28-14-22(27)26-25-13-16-5-1-3-7-20(16)24/h1-13H,14-15H2,(H,26,27)/b25-13+. The molecule has 0 fully saturated rings. The zero-order valence-electron chi connectivity index (χ0n) is 15.3. The number of carbonyl (C=O) groups is 1. The number of ether oxygens (including phenoxy) is 1. The van der Waals surface area contributed by atoms with Gasteiger partial charge in [0.05, 0.1) is 6.21 Å². The van der Waals surface area contributed by atoms with Gasteiger partial charge >= 0.3 is 0 Å². The lowest BCUT2D eigenvalue weighted by atomic mass is 10.2. The second-order valence-electron chi connectivity index (χ2n) is 5.95. The Kier molecular flexibility index (Phi) is 7.99. The van der Waals surface area contributed by atoms with Gasteiger partial charge < -0.3 is 4.74 Å². The summed E-state index contributed by atoms with van der Waals surface area (Å²) in [4.78, 5) is 13.1. The van der Waals surface area contributed by atoms with Crippen LogP contribution >= 0.6 is 35.0 Å². The number of amides is 1. The van der Waals surface area contributed by atoms with Crippen molar-refractivity contribution in [3.8, 4) is 5.75 Å². The van der Waals surface area contributed by atoms with Gasteiger partial charge in [0.15, 0.2) is 6.61 Å². The van der Waals surface area contributed by atoms with E-state index in [9.17, 15) is 4.79 Å². The third kappa shape index (κ3) is 6.82. The maximum Gasteiger partial charge on any atom is 0.277 e. The molecule has 148 valence electrons. The predicted octanol–water partition coefficient (Wildman–Crippen LogP) is 5.81. The minimum atomic E-state index is -0.353. The molecule has 0 saturated heterocycles. The number of benzene rings is 3. The number of rotatable bonds is 8. The summed E-state index contributed by atoms with van der Waals surface area (Å²) in [6, 6.07) is 22.5. The molecule has 7 heteroatoms. The molecular formula is C22H18Cl2N2O2S. The van der Waals surface area contributed by atoms with Crippen molar-refractivity contribution in [2.24, 2.45) is 5.10 Å². The molecule has 0 saturated carbocycles. The summed E-state index contributed by atoms with van der Waals surface area (Å²) in [5.74, 6) is 1.03. The van der Waals surface area contributed by atoms with Crippen LogP contribution in [0.4, 0.5) is 0 Å². The smallest absolute Gasteiger partial charge is 0.277 e. The molecular weight excluding hydrogens is 427 g/mol. The van der Waals surface area contributed by atoms with Crippen molar-refractivity contribution >= 4 is 47.1 Å². The first-order chi connectivity index (χ1) is 14.1. The van der Waals surface area contributed by atoms with Crippen molar-refractivity contribution in [2.45, 2.75) is 10.6 Å². The Morgan fingerprint density at radius 3 is 2.52 bits per heavy atom. The van der Waals surface area contributed by atoms with E-state index in [2.05, 4.69) is 10.5 Å². The lowest BCUT2D eigenvalue weighted by Crippen LogP contribution is -2.24. The number of hydrogen-bond acceptors (Lipinski definition) is 4. The summed E-state index contributed by atoms with van der Waals surface area (Å²) in [6.45, 7) is -0.136. The van der Waals surface area contributed by atoms with Gasteiger partial charge in [0.1, 0.15) is 5.75 Å². The van der Waals surface area contributed by atoms with Crippen molar-refractivity contribution in [3.63, 3.8) is 0 Å². The molecule has 1 amide bonds. The van der Waals surface area contributed by atoms with Gasteiger partial charge in [-0.2, -0.15) is 5.10 Å². The van der Waals surface area contributed by atoms with Crippen molar-refractivity contribution < 1.29 is 9.53 Å². The number of para-hydroxylation sites is 1. The minimum Gasteiger partial charge on any atom is -0.483 e. The van der Waals surface area contributed by atoms with Crippen LogP contribution in [-0.2, 0) is 10.5 Å². The highest BCUT2D eigenvalue weighted by atomic mass is 35.5. The van der Waals surface area contributed by atoms with E-state index in [0.717, 1.165) is 16.0 Å². The molecule has 0 aliphatic carbocycles. The minimum absolute atomic E-state index is 0.136. The number of hydrazone groups is 1. The van der Waals surface area contributed by atoms with Gasteiger partial charge in [0, 0.05) is 31.8 Å². The van der Waals surface area contributed by atoms with Crippen LogP contribution in [0, 0.1) is 0 Å². The van der Waals surface area contributed by atoms with Crippen LogP contribution in [0.1, 0.15) is 11.1 Å². The van der Waals surface area contributed by atoms with E-state index < -0.39 is 0 Å². The van der Waals surface area contributed by atoms with Crippen LogP contribution in [0.25, 0.3) is 0 Å². The molecule has 0 radical (unpaired) electrons. The number of hydrogen-bond donors (Lipinski definition) is 1. The van der Waals surface area contributed by atoms with Crippen molar-refractivity contribution in [1.82, 2.24) is 5.43 Å². The number of nitrogens with one attached hydrogen (secondary N) is 1. The molecule has 0 aliphatic rings. The van der Waals surface area contributed by atoms with Gasteiger partial charge in [0.25, 0.3) is 5.91 Å². The SMILES string of the molecule is O=C(COc1ccccc1CSc1ccc(Cl)cc1)N/N=C/c1ccccc1Cl. The summed E-state index contributed by atoms with van der Waals surface area (Å²) in [6.07, 6.45) is 1.50. The Bertz CT molecular complexity index is 994. The average Bonchev–Trinajstić information content (AvgIpc) is 2.74. The maximum absolute atomic E-state index is 12.0. The van der Waals surface area contributed by atoms with E-state index in [0.29, 0.717) is 21.5 Å². The van der Waals surface area contributed by atoms with Gasteiger partial charge in [-0.1, -0.05) is 59.6 Å². The van der Waals surface area contributed by atoms with Crippen LogP contribution in [0.5, 0.6) is 5.75 Å². The lowest BCUT2D eigenvalue weighted by molar-refractivity contribution is -0.123. The molecule has 1 N–H and O–H groups in total. The molecule has 3 rings (SSSR count). The Morgan fingerprint density at radius 1 is 1.00 bits per heavy atom. The highest BCUT2D eigenvalue weighted by Gasteiger charge is 2.07. The first kappa shape index (κ1) is 21.2. The summed E-state index contributed by atoms with van der Waals surface area (Å²) >= 11 is 13.6. The molecule has 0 spiro atoms. The van der Waals surface area contributed by atoms with E-state index in [-0.39, 0.29) is 12.5 Å². The highest BCUT2D eigenvalue weighted by Crippen LogP contribution is 2.28. The van der Waals surface area contributed by atoms with E-state index in [1.165, 1.54) is 6.21 Å². The molecule has 3 aromatic rings. The van der Waals surface area contributed by atoms with Crippen molar-refractivity contribution in [3.05, 3.63) is 94.0 Å². The average molecular weight is 445 g/mol. The Balaban J connectivity index is 1.51. The zero-order valence-corrected chi connectivity index (χ0v) is 17.7. The van der Waals surface area contributed by atoms with Crippen LogP contribution in [0.15, 0.2) is 82.8 Å². The second kappa shape index (κ2) is 10.9. The lowest BCUT2D eigenvalue weighted by Gasteiger charge is -2.10. The third-order valence-electron chi connectivity index (χ3n) is 3.84. The number of halogens is 2. The fourth-order valence-electron chi connectivity index (χ4n) is 2.38. The number of nitrogens with zero attached hydrogens (tertiary/aromatic N) is 1. The summed E-state index contributed by atoms with van der Waals surface area (Å²) < 4.78 is 5.69. The normalized spacial score (nSPS) is 10.8. The summed E-state index contributed by atoms with van der Waals surface area (Å²) in [5.41, 5.74) is 4.16. The monoisotopic (exact) mass is 444 g/mol. The highest BCUT2D eigenvalue weighted by molar-refractivity contribution is 7.98. The number of carbonyl (C=O) groups excluding carboxylic acids is 1. The molecule has 0 aromatic heterocycles. The zero-order chi connectivity index (χ0) is 20.5. The molecule has 29 heavy (non-hydrogen) atoms. The molecule has 0 atom stereocenters. The molecule has 0 heterocycles. The molecule has 0 unspecified atom stereocenters. The van der Waals surface area contributed by atoms with Crippen LogP contribution in [0.2, 0.25) is 10.0 Å². The Hall–Kier alpha value is -2.47. The first-order valence-electron chi connectivity index (χ1n) is 8.77. The summed E-state index contributed by atoms with van der Waals surface area (Å²) in [7, 11) is 0. The molecule has 0 aliphatic heterocycles. The van der Waals surface area contributed by atoms with Crippen LogP contribution < -0.4 is 10.2 Å². The third-order valence-corrected chi connectivity index (χ3v) is 5.49. The van der Waals surface area contributed by atoms with E-state index in [1.54, 1.807) is 17.8 Å². The quantitative estimate of drug-likeness (QED) is 0.270. The Morgan fingerprint density at radius 2 is 1.72 bits per heavy atom. The van der Waals surface area contributed by atoms with E-state index in [4.69, 9.17) is 27.9 Å². The molecule has 3 aromatic carbocycles. The maximum atomic E-state index is 12.0. The number of thioether (sulfide) groups is 1. The molecule has 4 nitrogen and oxygen atoms in total. The van der Waals surface area contributed by atoms with Gasteiger partial charge in [-0.3, -0.25) is 4.79 Å². The topological polar surface area (TPSA) is 50.7 Å². The van der Waals surface area contributed by atoms with Gasteiger partial charge in [-0.05, 0) is 36.4 Å². The van der Waals surface area contributed by atoms with Gasteiger partial charge in [-0.15, -0.1) is 11.8 Å².